The number of nitrogens with zero attached hydrogens (tertiary/aromatic N) is 2. The second kappa shape index (κ2) is 8.94. The molecule has 150 valence electrons. The average molecular weight is 398 g/mol. The Labute approximate surface area is 154 Å². The zero-order valence-corrected chi connectivity index (χ0v) is 17.4. The molecule has 0 aliphatic heterocycles. The van der Waals surface area contributed by atoms with E-state index in [-0.39, 0.29) is 24.2 Å². The Morgan fingerprint density at radius 1 is 0.500 bits per heavy atom. The van der Waals surface area contributed by atoms with E-state index in [1.165, 1.54) is 0 Å². The molecule has 0 N–H and O–H groups in total. The van der Waals surface area contributed by atoms with Crippen molar-refractivity contribution in [2.75, 3.05) is 0 Å². The Kier molecular flexibility index (Phi) is 8.00. The van der Waals surface area contributed by atoms with Crippen LogP contribution in [0.1, 0.15) is 55.4 Å². The summed E-state index contributed by atoms with van der Waals surface area (Å²) in [6, 6.07) is -0.626. The maximum atomic E-state index is 14.7. The van der Waals surface area contributed by atoms with Crippen molar-refractivity contribution in [2.24, 2.45) is 0 Å². The normalized spacial score (nSPS) is 12.9. The van der Waals surface area contributed by atoms with Crippen LogP contribution in [0.25, 0.3) is 0 Å². The molecule has 0 unspecified atom stereocenters. The first-order valence-electron chi connectivity index (χ1n) is 8.72. The first kappa shape index (κ1) is 23.3. The van der Waals surface area contributed by atoms with Gasteiger partial charge >= 0.3 is 0 Å². The molecule has 0 aliphatic rings. The minimum atomic E-state index is -2.13. The smallest absolute Gasteiger partial charge is 0.200 e. The van der Waals surface area contributed by atoms with Gasteiger partial charge in [-0.15, -0.1) is 0 Å². The summed E-state index contributed by atoms with van der Waals surface area (Å²) >= 11 is 0. The first-order chi connectivity index (χ1) is 11.8. The summed E-state index contributed by atoms with van der Waals surface area (Å²) in [6.07, 6.45) is 0. The van der Waals surface area contributed by atoms with Gasteiger partial charge in [0, 0.05) is 24.2 Å². The molecule has 0 saturated carbocycles. The topological polar surface area (TPSA) is 6.48 Å². The van der Waals surface area contributed by atoms with E-state index in [0.29, 0.717) is 0 Å². The van der Waals surface area contributed by atoms with Crippen LogP contribution < -0.4 is 5.30 Å². The number of rotatable bonds is 7. The summed E-state index contributed by atoms with van der Waals surface area (Å²) < 4.78 is 74.4. The maximum Gasteiger partial charge on any atom is 0.200 e. The van der Waals surface area contributed by atoms with Gasteiger partial charge in [0.05, 0.1) is 13.5 Å². The Morgan fingerprint density at radius 2 is 0.731 bits per heavy atom. The fourth-order valence-corrected chi connectivity index (χ4v) is 6.18. The third kappa shape index (κ3) is 4.37. The molecule has 1 rings (SSSR count). The molecular formula is C18H28F5N2P. The number of hydrogen-bond donors (Lipinski definition) is 0. The molecular weight excluding hydrogens is 370 g/mol. The molecule has 0 saturated heterocycles. The fourth-order valence-electron chi connectivity index (χ4n) is 3.19. The monoisotopic (exact) mass is 398 g/mol. The molecule has 0 amide bonds. The van der Waals surface area contributed by atoms with Gasteiger partial charge in [0.25, 0.3) is 0 Å². The highest BCUT2D eigenvalue weighted by molar-refractivity contribution is 7.61. The maximum absolute atomic E-state index is 14.7. The summed E-state index contributed by atoms with van der Waals surface area (Å²) in [4.78, 5) is 0. The average Bonchev–Trinajstić information content (AvgIpc) is 2.49. The van der Waals surface area contributed by atoms with Gasteiger partial charge < -0.3 is 0 Å². The van der Waals surface area contributed by atoms with Gasteiger partial charge in [0.1, 0.15) is 0 Å². The van der Waals surface area contributed by atoms with Crippen LogP contribution in [-0.2, 0) is 0 Å². The molecule has 0 aromatic heterocycles. The molecule has 0 radical (unpaired) electrons. The van der Waals surface area contributed by atoms with Gasteiger partial charge in [-0.25, -0.2) is 22.0 Å². The van der Waals surface area contributed by atoms with Crippen LogP contribution in [0.2, 0.25) is 0 Å². The highest BCUT2D eigenvalue weighted by Gasteiger charge is 2.40. The van der Waals surface area contributed by atoms with Crippen LogP contribution in [-0.4, -0.2) is 33.5 Å². The highest BCUT2D eigenvalue weighted by atomic mass is 31.1. The third-order valence-electron chi connectivity index (χ3n) is 3.94. The molecule has 8 heteroatoms. The minimum Gasteiger partial charge on any atom is -0.261 e. The summed E-state index contributed by atoms with van der Waals surface area (Å²) in [5.74, 6) is -9.41. The molecule has 0 fully saturated rings. The fraction of sp³-hybridized carbons (Fsp3) is 0.667. The van der Waals surface area contributed by atoms with Crippen molar-refractivity contribution in [3.05, 3.63) is 29.1 Å². The van der Waals surface area contributed by atoms with Gasteiger partial charge in [0.2, 0.25) is 5.82 Å². The summed E-state index contributed by atoms with van der Waals surface area (Å²) in [6.45, 7) is 14.8. The Hall–Kier alpha value is -0.780. The van der Waals surface area contributed by atoms with Crippen molar-refractivity contribution in [1.82, 2.24) is 9.34 Å². The predicted octanol–water partition coefficient (Wildman–Crippen LogP) is 5.56. The largest absolute Gasteiger partial charge is 0.261 e. The predicted molar refractivity (Wildman–Crippen MR) is 97.0 cm³/mol. The minimum absolute atomic E-state index is 0.156. The molecule has 0 atom stereocenters. The standard InChI is InChI=1S/C18H28F5N2P/c1-9(2)24(10(3)4)26(25(11(5)6)12(7)8)18-16(22)14(20)13(19)15(21)17(18)23/h9-12H,1-8H3. The molecule has 26 heavy (non-hydrogen) atoms. The van der Waals surface area contributed by atoms with E-state index >= 15 is 0 Å². The lowest BCUT2D eigenvalue weighted by atomic mass is 10.3. The van der Waals surface area contributed by atoms with Crippen molar-refractivity contribution in [2.45, 2.75) is 79.6 Å². The van der Waals surface area contributed by atoms with Crippen molar-refractivity contribution in [1.29, 1.82) is 0 Å². The van der Waals surface area contributed by atoms with Crippen LogP contribution in [0.4, 0.5) is 22.0 Å². The molecule has 0 heterocycles. The lowest BCUT2D eigenvalue weighted by Gasteiger charge is -2.47. The van der Waals surface area contributed by atoms with Crippen molar-refractivity contribution < 1.29 is 22.0 Å². The van der Waals surface area contributed by atoms with Gasteiger partial charge in [-0.2, -0.15) is 0 Å². The van der Waals surface area contributed by atoms with Gasteiger partial charge in [0.15, 0.2) is 23.3 Å². The van der Waals surface area contributed by atoms with E-state index in [1.807, 2.05) is 64.7 Å². The van der Waals surface area contributed by atoms with Gasteiger partial charge in [-0.1, -0.05) is 0 Å². The second-order valence-corrected chi connectivity index (χ2v) is 9.29. The van der Waals surface area contributed by atoms with Crippen LogP contribution in [0.15, 0.2) is 0 Å². The molecule has 1 aromatic carbocycles. The van der Waals surface area contributed by atoms with Crippen molar-refractivity contribution in [3.8, 4) is 0 Å². The molecule has 0 spiro atoms. The molecule has 0 bridgehead atoms. The van der Waals surface area contributed by atoms with Crippen LogP contribution in [0.5, 0.6) is 0 Å². The molecule has 1 aromatic rings. The Bertz CT molecular complexity index is 569. The second-order valence-electron chi connectivity index (χ2n) is 7.34. The zero-order valence-electron chi connectivity index (χ0n) is 16.5. The van der Waals surface area contributed by atoms with Crippen molar-refractivity contribution in [3.63, 3.8) is 0 Å². The Balaban J connectivity index is 3.88. The van der Waals surface area contributed by atoms with E-state index in [0.717, 1.165) is 0 Å². The summed E-state index contributed by atoms with van der Waals surface area (Å²) in [5, 5.41) is -0.735. The number of benzene rings is 1. The third-order valence-corrected chi connectivity index (χ3v) is 7.46. The lowest BCUT2D eigenvalue weighted by Crippen LogP contribution is -2.47. The molecule has 0 aliphatic carbocycles. The van der Waals surface area contributed by atoms with Crippen LogP contribution in [0.3, 0.4) is 0 Å². The first-order valence-corrected chi connectivity index (χ1v) is 9.97. The lowest BCUT2D eigenvalue weighted by molar-refractivity contribution is 0.259. The van der Waals surface area contributed by atoms with E-state index in [2.05, 4.69) is 0 Å². The van der Waals surface area contributed by atoms with Crippen LogP contribution >= 0.6 is 8.22 Å². The summed E-state index contributed by atoms with van der Waals surface area (Å²) in [7, 11) is -1.96. The van der Waals surface area contributed by atoms with Crippen molar-refractivity contribution >= 4 is 13.5 Å². The number of hydrogen-bond acceptors (Lipinski definition) is 2. The van der Waals surface area contributed by atoms with Crippen LogP contribution in [0, 0.1) is 29.1 Å². The Morgan fingerprint density at radius 3 is 0.962 bits per heavy atom. The SMILES string of the molecule is CC(C)N(C(C)C)P(c1c(F)c(F)c(F)c(F)c1F)N(C(C)C)C(C)C. The van der Waals surface area contributed by atoms with Gasteiger partial charge in [-0.05, 0) is 55.4 Å². The highest BCUT2D eigenvalue weighted by Crippen LogP contribution is 2.50. The zero-order chi connectivity index (χ0) is 20.5. The van der Waals surface area contributed by atoms with E-state index in [9.17, 15) is 22.0 Å². The van der Waals surface area contributed by atoms with E-state index in [1.54, 1.807) is 0 Å². The van der Waals surface area contributed by atoms with E-state index < -0.39 is 42.6 Å². The quantitative estimate of drug-likeness (QED) is 0.257. The number of halogens is 5. The molecule has 2 nitrogen and oxygen atoms in total. The van der Waals surface area contributed by atoms with E-state index in [4.69, 9.17) is 0 Å². The summed E-state index contributed by atoms with van der Waals surface area (Å²) in [5.41, 5.74) is 0. The van der Waals surface area contributed by atoms with Gasteiger partial charge in [-0.3, -0.25) is 9.34 Å².